The fourth-order valence-electron chi connectivity index (χ4n) is 9.87. The first-order chi connectivity index (χ1) is 40.9. The SMILES string of the molecule is C#CCNC(=O)[C@H](CCCCNC(=O)CCNC(=O)c1ccc(-c2c3ccc(=[N+](C)C)cc-3oc3cc(N(C)C)ccc23)c(OC[O-])c1)NC(=O)CCNC(=O)c1ccc(-c2c3ccc(=[N+](C)C)cc-3oc3cc(N(C)C)ccc23)c(OC=O)c1. The Labute approximate surface area is 492 Å². The third kappa shape index (κ3) is 14.6. The highest BCUT2D eigenvalue weighted by Crippen LogP contribution is 2.46. The number of hydrogen-bond acceptors (Lipinski definition) is 13. The minimum atomic E-state index is -0.956. The van der Waals surface area contributed by atoms with Gasteiger partial charge in [-0.05, 0) is 92.1 Å². The lowest BCUT2D eigenvalue weighted by Gasteiger charge is -2.20. The van der Waals surface area contributed by atoms with Crippen LogP contribution in [0.25, 0.3) is 66.8 Å². The topological polar surface area (TPSA) is 243 Å². The minimum absolute atomic E-state index is 0.0189. The number of carbonyl (C=O) groups excluding carboxylic acids is 6. The van der Waals surface area contributed by atoms with E-state index in [4.69, 9.17) is 24.7 Å². The molecule has 4 aromatic rings. The quantitative estimate of drug-likeness (QED) is 0.0139. The zero-order valence-corrected chi connectivity index (χ0v) is 49.0. The second-order valence-corrected chi connectivity index (χ2v) is 21.1. The third-order valence-corrected chi connectivity index (χ3v) is 14.4. The molecule has 20 nitrogen and oxygen atoms in total. The molecule has 0 bridgehead atoms. The number of nitrogens with zero attached hydrogens (tertiary/aromatic N) is 4. The van der Waals surface area contributed by atoms with E-state index in [0.29, 0.717) is 53.1 Å². The van der Waals surface area contributed by atoms with Crippen LogP contribution in [0.1, 0.15) is 52.8 Å². The Bertz CT molecular complexity index is 3960. The summed E-state index contributed by atoms with van der Waals surface area (Å²) in [5.74, 6) is 1.63. The van der Waals surface area contributed by atoms with E-state index in [1.54, 1.807) is 24.3 Å². The van der Waals surface area contributed by atoms with Crippen molar-refractivity contribution in [3.8, 4) is 68.7 Å². The number of hydrogen-bond donors (Lipinski definition) is 5. The lowest BCUT2D eigenvalue weighted by atomic mass is 9.92. The smallest absolute Gasteiger partial charge is 0.298 e. The Morgan fingerprint density at radius 1 is 0.612 bits per heavy atom. The van der Waals surface area contributed by atoms with Crippen molar-refractivity contribution in [2.24, 2.45) is 0 Å². The minimum Gasteiger partial charge on any atom is -0.824 e. The number of nitrogens with one attached hydrogen (secondary N) is 5. The van der Waals surface area contributed by atoms with Gasteiger partial charge < -0.3 is 59.8 Å². The standard InChI is InChI=1S/C65H69N9O11/c1-10-28-67-65(81)52(70-60(78)27-31-69-64(80)41-15-21-47(54(33-41)83-39-76)62-50-24-18-44(73(6)7)36-57(50)85-58-37-45(74(8)9)19-25-51(58)62)13-11-12-29-66-59(77)26-30-68-63(79)40-14-20-46(53(32-40)82-38-75)61-48-22-16-42(71(2)3)34-55(48)84-56-35-43(72(4)5)17-23-49(56)61/h1,14-25,32-37,39,52H,11-13,26-31,38H2,2-9H3,(H4-,66,67,68,69,70,77,78,79,80,81)/p+1/t52-/m0/s1. The summed E-state index contributed by atoms with van der Waals surface area (Å²) in [6.07, 6.45) is 6.31. The number of rotatable bonds is 24. The van der Waals surface area contributed by atoms with Crippen molar-refractivity contribution in [2.45, 2.75) is 38.1 Å². The summed E-state index contributed by atoms with van der Waals surface area (Å²) in [4.78, 5) is 82.0. The van der Waals surface area contributed by atoms with Crippen molar-refractivity contribution in [1.29, 1.82) is 0 Å². The van der Waals surface area contributed by atoms with E-state index in [9.17, 15) is 33.9 Å². The first-order valence-corrected chi connectivity index (χ1v) is 27.7. The molecule has 0 unspecified atom stereocenters. The molecule has 0 radical (unpaired) electrons. The Kier molecular flexibility index (Phi) is 20.0. The average Bonchev–Trinajstić information content (AvgIpc) is 3.53. The molecule has 20 heteroatoms. The molecule has 85 heavy (non-hydrogen) atoms. The maximum atomic E-state index is 13.5. The largest absolute Gasteiger partial charge is 0.824 e. The highest BCUT2D eigenvalue weighted by molar-refractivity contribution is 6.07. The van der Waals surface area contributed by atoms with Crippen molar-refractivity contribution in [1.82, 2.24) is 35.7 Å². The van der Waals surface area contributed by atoms with Crippen LogP contribution >= 0.6 is 0 Å². The zero-order valence-electron chi connectivity index (χ0n) is 49.0. The summed E-state index contributed by atoms with van der Waals surface area (Å²) < 4.78 is 28.0. The summed E-state index contributed by atoms with van der Waals surface area (Å²) in [5, 5.41) is 29.1. The number of terminal acetylenes is 1. The van der Waals surface area contributed by atoms with E-state index in [-0.39, 0.29) is 74.0 Å². The molecule has 0 saturated carbocycles. The lowest BCUT2D eigenvalue weighted by Crippen LogP contribution is -2.47. The van der Waals surface area contributed by atoms with Gasteiger partial charge in [-0.1, -0.05) is 5.92 Å². The van der Waals surface area contributed by atoms with Crippen LogP contribution in [0.15, 0.2) is 118 Å². The number of unbranched alkanes of at least 4 members (excludes halogenated alkanes) is 1. The average molecular weight is 1150 g/mol. The summed E-state index contributed by atoms with van der Waals surface area (Å²) in [6, 6.07) is 32.2. The van der Waals surface area contributed by atoms with Crippen LogP contribution in [0, 0.1) is 12.3 Å². The van der Waals surface area contributed by atoms with Crippen LogP contribution in [-0.2, 0) is 19.2 Å². The fourth-order valence-corrected chi connectivity index (χ4v) is 9.87. The van der Waals surface area contributed by atoms with Crippen LogP contribution in [0.3, 0.4) is 0 Å². The molecule has 2 heterocycles. The van der Waals surface area contributed by atoms with Crippen LogP contribution in [0.4, 0.5) is 11.4 Å². The molecule has 2 aliphatic heterocycles. The molecular weight excluding hydrogens is 1080 g/mol. The molecule has 5 N–H and O–H groups in total. The van der Waals surface area contributed by atoms with Gasteiger partial charge in [-0.2, -0.15) is 0 Å². The van der Waals surface area contributed by atoms with Gasteiger partial charge in [0.25, 0.3) is 18.3 Å². The van der Waals surface area contributed by atoms with Gasteiger partial charge in [0.15, 0.2) is 0 Å². The number of ether oxygens (including phenoxy) is 2. The van der Waals surface area contributed by atoms with Gasteiger partial charge >= 0.3 is 0 Å². The van der Waals surface area contributed by atoms with Gasteiger partial charge in [0, 0.05) is 158 Å². The van der Waals surface area contributed by atoms with Gasteiger partial charge in [-0.25, -0.2) is 9.15 Å². The van der Waals surface area contributed by atoms with Crippen molar-refractivity contribution in [3.05, 3.63) is 131 Å². The highest BCUT2D eigenvalue weighted by atomic mass is 16.6. The molecule has 4 aliphatic rings. The predicted octanol–water partition coefficient (Wildman–Crippen LogP) is 4.61. The Morgan fingerprint density at radius 2 is 1.12 bits per heavy atom. The molecule has 4 aromatic carbocycles. The zero-order chi connectivity index (χ0) is 60.9. The first-order valence-electron chi connectivity index (χ1n) is 27.7. The van der Waals surface area contributed by atoms with Gasteiger partial charge in [-0.15, -0.1) is 6.42 Å². The third-order valence-electron chi connectivity index (χ3n) is 14.4. The summed E-state index contributed by atoms with van der Waals surface area (Å²) in [6.45, 7) is -0.450. The van der Waals surface area contributed by atoms with Crippen molar-refractivity contribution in [3.63, 3.8) is 0 Å². The first kappa shape index (κ1) is 61.1. The van der Waals surface area contributed by atoms with Crippen molar-refractivity contribution < 1.29 is 52.2 Å². The maximum absolute atomic E-state index is 13.5. The molecule has 0 saturated heterocycles. The van der Waals surface area contributed by atoms with Crippen molar-refractivity contribution >= 4 is 69.3 Å². The molecular formula is C65H70N9O11+. The van der Waals surface area contributed by atoms with Crippen LogP contribution < -0.4 is 70.8 Å². The number of benzene rings is 6. The highest BCUT2D eigenvalue weighted by Gasteiger charge is 2.26. The van der Waals surface area contributed by atoms with E-state index in [0.717, 1.165) is 55.1 Å². The van der Waals surface area contributed by atoms with Crippen LogP contribution in [-0.4, -0.2) is 131 Å². The molecule has 0 fully saturated rings. The molecule has 0 spiro atoms. The number of anilines is 2. The second-order valence-electron chi connectivity index (χ2n) is 21.1. The molecule has 8 rings (SSSR count). The predicted molar refractivity (Wildman–Crippen MR) is 326 cm³/mol. The number of fused-ring (bicyclic) bond motifs is 4. The lowest BCUT2D eigenvalue weighted by molar-refractivity contribution is -0.413. The summed E-state index contributed by atoms with van der Waals surface area (Å²) in [7, 11) is 15.5. The normalized spacial score (nSPS) is 11.3. The Hall–Kier alpha value is -10.0. The second kappa shape index (κ2) is 27.8. The molecule has 5 amide bonds. The van der Waals surface area contributed by atoms with Crippen LogP contribution in [0.2, 0.25) is 0 Å². The van der Waals surface area contributed by atoms with Crippen LogP contribution in [0.5, 0.6) is 11.5 Å². The van der Waals surface area contributed by atoms with Gasteiger partial charge in [0.1, 0.15) is 68.4 Å². The summed E-state index contributed by atoms with van der Waals surface area (Å²) >= 11 is 0. The Balaban J connectivity index is 0.832. The molecule has 0 aromatic heterocycles. The van der Waals surface area contributed by atoms with E-state index >= 15 is 0 Å². The molecule has 1 atom stereocenters. The van der Waals surface area contributed by atoms with E-state index in [1.165, 1.54) is 12.1 Å². The maximum Gasteiger partial charge on any atom is 0.298 e. The van der Waals surface area contributed by atoms with Gasteiger partial charge in [0.05, 0.1) is 18.7 Å². The van der Waals surface area contributed by atoms with E-state index < -0.39 is 36.5 Å². The Morgan fingerprint density at radius 3 is 1.61 bits per heavy atom. The fraction of sp³-hybridized carbons (Fsp3) is 0.292. The van der Waals surface area contributed by atoms with Crippen molar-refractivity contribution in [2.75, 3.05) is 99.2 Å². The summed E-state index contributed by atoms with van der Waals surface area (Å²) in [5.41, 5.74) is 7.70. The van der Waals surface area contributed by atoms with E-state index in [1.807, 2.05) is 148 Å². The molecule has 440 valence electrons. The monoisotopic (exact) mass is 1150 g/mol. The number of amides is 5. The molecule has 2 aliphatic carbocycles. The van der Waals surface area contributed by atoms with Gasteiger partial charge in [0.2, 0.25) is 28.4 Å². The van der Waals surface area contributed by atoms with Gasteiger partial charge in [-0.3, -0.25) is 28.8 Å². The van der Waals surface area contributed by atoms with E-state index in [2.05, 4.69) is 32.5 Å². The number of carbonyl (C=O) groups is 6.